The van der Waals surface area contributed by atoms with E-state index in [1.807, 2.05) is 26.0 Å². The Kier molecular flexibility index (Phi) is 5.88. The Balaban J connectivity index is 2.53. The van der Waals surface area contributed by atoms with Gasteiger partial charge in [0.15, 0.2) is 11.5 Å². The normalized spacial score (nSPS) is 11.2. The van der Waals surface area contributed by atoms with Crippen molar-refractivity contribution in [3.8, 4) is 11.5 Å². The molecule has 4 nitrogen and oxygen atoms in total. The van der Waals surface area contributed by atoms with Crippen LogP contribution >= 0.6 is 11.6 Å². The highest BCUT2D eigenvalue weighted by Crippen LogP contribution is 2.37. The number of benzene rings is 2. The minimum absolute atomic E-state index is 0.179. The molecular weight excluding hydrogens is 328 g/mol. The largest absolute Gasteiger partial charge is 0.491 e. The Hall–Kier alpha value is -2.46. The Labute approximate surface area is 146 Å². The third-order valence-corrected chi connectivity index (χ3v) is 3.72. The van der Waals surface area contributed by atoms with Gasteiger partial charge in [-0.1, -0.05) is 41.4 Å². The molecule has 0 aliphatic heterocycles. The van der Waals surface area contributed by atoms with E-state index < -0.39 is 5.97 Å². The van der Waals surface area contributed by atoms with Gasteiger partial charge in [0.25, 0.3) is 0 Å². The lowest BCUT2D eigenvalue weighted by Crippen LogP contribution is -2.00. The second kappa shape index (κ2) is 7.88. The SMILES string of the molecule is CCOc1cc(/C=C(\C(=O)O)c2ccc(C)cc2)cc(Cl)c1OC. The van der Waals surface area contributed by atoms with Crippen LogP contribution in [-0.2, 0) is 4.79 Å². The third-order valence-electron chi connectivity index (χ3n) is 3.44. The van der Waals surface area contributed by atoms with Crippen molar-refractivity contribution in [2.24, 2.45) is 0 Å². The van der Waals surface area contributed by atoms with Gasteiger partial charge in [-0.05, 0) is 43.2 Å². The molecule has 0 radical (unpaired) electrons. The fraction of sp³-hybridized carbons (Fsp3) is 0.211. The van der Waals surface area contributed by atoms with Gasteiger partial charge in [-0.3, -0.25) is 0 Å². The summed E-state index contributed by atoms with van der Waals surface area (Å²) in [5, 5.41) is 9.91. The summed E-state index contributed by atoms with van der Waals surface area (Å²) in [7, 11) is 1.51. The van der Waals surface area contributed by atoms with Gasteiger partial charge in [-0.25, -0.2) is 4.79 Å². The molecule has 0 heterocycles. The second-order valence-electron chi connectivity index (χ2n) is 5.20. The molecule has 126 valence electrons. The zero-order valence-corrected chi connectivity index (χ0v) is 14.6. The maximum Gasteiger partial charge on any atom is 0.336 e. The van der Waals surface area contributed by atoms with Crippen LogP contribution in [0.2, 0.25) is 5.02 Å². The molecule has 5 heteroatoms. The Bertz CT molecular complexity index is 764. The van der Waals surface area contributed by atoms with Gasteiger partial charge in [0, 0.05) is 0 Å². The lowest BCUT2D eigenvalue weighted by Gasteiger charge is -2.12. The van der Waals surface area contributed by atoms with E-state index in [-0.39, 0.29) is 5.57 Å². The van der Waals surface area contributed by atoms with E-state index in [2.05, 4.69) is 0 Å². The number of carbonyl (C=O) groups is 1. The van der Waals surface area contributed by atoms with Crippen LogP contribution in [0.15, 0.2) is 36.4 Å². The number of aryl methyl sites for hydroxylation is 1. The zero-order chi connectivity index (χ0) is 17.7. The molecule has 0 fully saturated rings. The molecule has 0 aliphatic carbocycles. The van der Waals surface area contributed by atoms with Crippen LogP contribution in [0.3, 0.4) is 0 Å². The molecule has 0 unspecified atom stereocenters. The van der Waals surface area contributed by atoms with Gasteiger partial charge in [0.1, 0.15) is 0 Å². The highest BCUT2D eigenvalue weighted by Gasteiger charge is 2.14. The molecule has 0 atom stereocenters. The molecule has 2 aromatic carbocycles. The predicted molar refractivity (Wildman–Crippen MR) is 95.9 cm³/mol. The molecule has 24 heavy (non-hydrogen) atoms. The first-order chi connectivity index (χ1) is 11.5. The quantitative estimate of drug-likeness (QED) is 0.609. The number of hydrogen-bond donors (Lipinski definition) is 1. The average molecular weight is 347 g/mol. The van der Waals surface area contributed by atoms with Gasteiger partial charge in [-0.2, -0.15) is 0 Å². The summed E-state index contributed by atoms with van der Waals surface area (Å²) in [5.41, 5.74) is 2.49. The summed E-state index contributed by atoms with van der Waals surface area (Å²) in [4.78, 5) is 11.7. The molecule has 0 bridgehead atoms. The van der Waals surface area contributed by atoms with Crippen molar-refractivity contribution < 1.29 is 19.4 Å². The number of carboxylic acid groups (broad SMARTS) is 1. The number of halogens is 1. The van der Waals surface area contributed by atoms with E-state index in [0.29, 0.717) is 34.3 Å². The third kappa shape index (κ3) is 4.09. The number of methoxy groups -OCH3 is 1. The van der Waals surface area contributed by atoms with E-state index in [4.69, 9.17) is 21.1 Å². The summed E-state index contributed by atoms with van der Waals surface area (Å²) >= 11 is 6.22. The molecule has 0 saturated carbocycles. The minimum atomic E-state index is -1.01. The maximum atomic E-state index is 11.7. The van der Waals surface area contributed by atoms with Gasteiger partial charge < -0.3 is 14.6 Å². The molecule has 1 N–H and O–H groups in total. The van der Waals surface area contributed by atoms with Crippen molar-refractivity contribution >= 4 is 29.2 Å². The summed E-state index contributed by atoms with van der Waals surface area (Å²) in [6.07, 6.45) is 1.57. The van der Waals surface area contributed by atoms with Gasteiger partial charge in [0.2, 0.25) is 0 Å². The van der Waals surface area contributed by atoms with E-state index in [1.165, 1.54) is 7.11 Å². The molecular formula is C19H19ClO4. The van der Waals surface area contributed by atoms with Crippen LogP contribution in [0.5, 0.6) is 11.5 Å². The van der Waals surface area contributed by atoms with Crippen LogP contribution in [0.4, 0.5) is 0 Å². The van der Waals surface area contributed by atoms with Crippen molar-refractivity contribution in [2.45, 2.75) is 13.8 Å². The Morgan fingerprint density at radius 3 is 2.46 bits per heavy atom. The molecule has 0 aromatic heterocycles. The van der Waals surface area contributed by atoms with E-state index in [9.17, 15) is 9.90 Å². The summed E-state index contributed by atoms with van der Waals surface area (Å²) in [5.74, 6) is -0.0981. The lowest BCUT2D eigenvalue weighted by molar-refractivity contribution is -0.130. The Morgan fingerprint density at radius 1 is 1.25 bits per heavy atom. The molecule has 0 aliphatic rings. The van der Waals surface area contributed by atoms with Crippen molar-refractivity contribution in [3.63, 3.8) is 0 Å². The zero-order valence-electron chi connectivity index (χ0n) is 13.8. The summed E-state index contributed by atoms with van der Waals surface area (Å²) in [6, 6.07) is 10.7. The van der Waals surface area contributed by atoms with E-state index in [0.717, 1.165) is 5.56 Å². The van der Waals surface area contributed by atoms with Crippen LogP contribution in [0, 0.1) is 6.92 Å². The molecule has 2 rings (SSSR count). The van der Waals surface area contributed by atoms with Gasteiger partial charge >= 0.3 is 5.97 Å². The average Bonchev–Trinajstić information content (AvgIpc) is 2.53. The first-order valence-corrected chi connectivity index (χ1v) is 7.86. The maximum absolute atomic E-state index is 11.7. The Morgan fingerprint density at radius 2 is 1.92 bits per heavy atom. The molecule has 0 amide bonds. The van der Waals surface area contributed by atoms with Crippen LogP contribution in [-0.4, -0.2) is 24.8 Å². The number of hydrogen-bond acceptors (Lipinski definition) is 3. The highest BCUT2D eigenvalue weighted by molar-refractivity contribution is 6.32. The van der Waals surface area contributed by atoms with Crippen LogP contribution in [0.1, 0.15) is 23.6 Å². The number of aliphatic carboxylic acids is 1. The first kappa shape index (κ1) is 17.9. The highest BCUT2D eigenvalue weighted by atomic mass is 35.5. The van der Waals surface area contributed by atoms with Gasteiger partial charge in [0.05, 0.1) is 24.3 Å². The first-order valence-electron chi connectivity index (χ1n) is 7.48. The van der Waals surface area contributed by atoms with Crippen molar-refractivity contribution in [1.29, 1.82) is 0 Å². The molecule has 0 saturated heterocycles. The fourth-order valence-corrected chi connectivity index (χ4v) is 2.60. The number of ether oxygens (including phenoxy) is 2. The fourth-order valence-electron chi connectivity index (χ4n) is 2.30. The van der Waals surface area contributed by atoms with Crippen molar-refractivity contribution in [2.75, 3.05) is 13.7 Å². The monoisotopic (exact) mass is 346 g/mol. The number of rotatable bonds is 6. The van der Waals surface area contributed by atoms with Gasteiger partial charge in [-0.15, -0.1) is 0 Å². The van der Waals surface area contributed by atoms with Crippen LogP contribution < -0.4 is 9.47 Å². The molecule has 2 aromatic rings. The second-order valence-corrected chi connectivity index (χ2v) is 5.60. The van der Waals surface area contributed by atoms with Crippen LogP contribution in [0.25, 0.3) is 11.6 Å². The predicted octanol–water partition coefficient (Wildman–Crippen LogP) is 4.68. The van der Waals surface area contributed by atoms with E-state index in [1.54, 1.807) is 30.3 Å². The summed E-state index contributed by atoms with van der Waals surface area (Å²) in [6.45, 7) is 4.25. The summed E-state index contributed by atoms with van der Waals surface area (Å²) < 4.78 is 10.8. The standard InChI is InChI=1S/C19H19ClO4/c1-4-24-17-11-13(10-16(20)18(17)23-3)9-15(19(21)22)14-7-5-12(2)6-8-14/h5-11H,4H2,1-3H3,(H,21,22)/b15-9-. The minimum Gasteiger partial charge on any atom is -0.491 e. The molecule has 0 spiro atoms. The lowest BCUT2D eigenvalue weighted by atomic mass is 10.0. The topological polar surface area (TPSA) is 55.8 Å². The van der Waals surface area contributed by atoms with Crippen molar-refractivity contribution in [1.82, 2.24) is 0 Å². The van der Waals surface area contributed by atoms with Crippen molar-refractivity contribution in [3.05, 3.63) is 58.1 Å². The van der Waals surface area contributed by atoms with E-state index >= 15 is 0 Å². The smallest absolute Gasteiger partial charge is 0.336 e. The number of carboxylic acids is 1.